The van der Waals surface area contributed by atoms with Crippen LogP contribution in [0.1, 0.15) is 35.7 Å². The van der Waals surface area contributed by atoms with Crippen molar-refractivity contribution < 1.29 is 4.79 Å². The van der Waals surface area contributed by atoms with Gasteiger partial charge in [-0.15, -0.1) is 10.2 Å². The Morgan fingerprint density at radius 3 is 3.05 bits per heavy atom. The van der Waals surface area contributed by atoms with Gasteiger partial charge in [-0.25, -0.2) is 0 Å². The van der Waals surface area contributed by atoms with Crippen LogP contribution in [0, 0.1) is 0 Å². The van der Waals surface area contributed by atoms with Crippen LogP contribution in [0.25, 0.3) is 0 Å². The summed E-state index contributed by atoms with van der Waals surface area (Å²) in [7, 11) is 1.71. The molecule has 5 nitrogen and oxygen atoms in total. The first-order valence-electron chi connectivity index (χ1n) is 6.57. The number of hydrogen-bond donors (Lipinski definition) is 0. The molecule has 0 amide bonds. The number of aryl methyl sites for hydroxylation is 2. The Labute approximate surface area is 111 Å². The van der Waals surface area contributed by atoms with Crippen LogP contribution in [0.2, 0.25) is 0 Å². The molecule has 5 heteroatoms. The van der Waals surface area contributed by atoms with E-state index in [-0.39, 0.29) is 18.1 Å². The van der Waals surface area contributed by atoms with E-state index in [0.29, 0.717) is 5.82 Å². The van der Waals surface area contributed by atoms with Gasteiger partial charge in [0.1, 0.15) is 5.78 Å². The molecule has 0 radical (unpaired) electrons. The molecule has 3 rings (SSSR count). The lowest BCUT2D eigenvalue weighted by atomic mass is 9.80. The van der Waals surface area contributed by atoms with E-state index in [9.17, 15) is 4.79 Å². The first-order valence-corrected chi connectivity index (χ1v) is 6.57. The molecular weight excluding hydrogens is 240 g/mol. The molecule has 2 aromatic rings. The maximum absolute atomic E-state index is 12.4. The molecular formula is C14H16N4O. The molecule has 0 aliphatic heterocycles. The first kappa shape index (κ1) is 12.0. The highest BCUT2D eigenvalue weighted by Gasteiger charge is 2.26. The number of carbonyl (C=O) groups is 1. The van der Waals surface area contributed by atoms with Crippen molar-refractivity contribution in [3.63, 3.8) is 0 Å². The standard InChI is InChI=1S/C14H16N4O/c1-18-16-14(15-17-18)9-13(19)12-8-4-6-10-5-2-3-7-11(10)12/h2-3,5,7,12H,4,6,8-9H2,1H3. The highest BCUT2D eigenvalue weighted by Crippen LogP contribution is 2.32. The van der Waals surface area contributed by atoms with Gasteiger partial charge in [0.15, 0.2) is 5.82 Å². The van der Waals surface area contributed by atoms with Gasteiger partial charge in [-0.05, 0) is 35.6 Å². The second kappa shape index (κ2) is 4.91. The van der Waals surface area contributed by atoms with Gasteiger partial charge in [-0.1, -0.05) is 24.3 Å². The number of Topliss-reactive ketones (excluding diaryl/α,β-unsaturated/α-hetero) is 1. The fourth-order valence-corrected chi connectivity index (χ4v) is 2.76. The largest absolute Gasteiger partial charge is 0.299 e. The van der Waals surface area contributed by atoms with Crippen molar-refractivity contribution in [2.75, 3.05) is 0 Å². The maximum Gasteiger partial charge on any atom is 0.182 e. The normalized spacial score (nSPS) is 18.1. The molecule has 0 fully saturated rings. The molecule has 0 N–H and O–H groups in total. The number of fused-ring (bicyclic) bond motifs is 1. The SMILES string of the molecule is Cn1nnc(CC(=O)C2CCCc3ccccc32)n1. The van der Waals surface area contributed by atoms with Crippen molar-refractivity contribution in [1.82, 2.24) is 20.2 Å². The van der Waals surface area contributed by atoms with Gasteiger partial charge in [-0.3, -0.25) is 4.79 Å². The zero-order chi connectivity index (χ0) is 13.2. The maximum atomic E-state index is 12.4. The Morgan fingerprint density at radius 1 is 1.42 bits per heavy atom. The monoisotopic (exact) mass is 256 g/mol. The van der Waals surface area contributed by atoms with Crippen LogP contribution in [0.4, 0.5) is 0 Å². The predicted molar refractivity (Wildman–Crippen MR) is 69.6 cm³/mol. The topological polar surface area (TPSA) is 60.7 Å². The van der Waals surface area contributed by atoms with Crippen molar-refractivity contribution in [2.24, 2.45) is 7.05 Å². The molecule has 1 unspecified atom stereocenters. The van der Waals surface area contributed by atoms with Crippen LogP contribution in [-0.4, -0.2) is 26.0 Å². The molecule has 0 saturated carbocycles. The third-order valence-corrected chi connectivity index (χ3v) is 3.64. The summed E-state index contributed by atoms with van der Waals surface area (Å²) in [6.07, 6.45) is 3.34. The highest BCUT2D eigenvalue weighted by atomic mass is 16.1. The molecule has 19 heavy (non-hydrogen) atoms. The summed E-state index contributed by atoms with van der Waals surface area (Å²) in [5.41, 5.74) is 2.49. The van der Waals surface area contributed by atoms with Gasteiger partial charge in [0.05, 0.1) is 13.5 Å². The fraction of sp³-hybridized carbons (Fsp3) is 0.429. The average molecular weight is 256 g/mol. The molecule has 1 aromatic heterocycles. The van der Waals surface area contributed by atoms with Gasteiger partial charge in [0.2, 0.25) is 0 Å². The van der Waals surface area contributed by atoms with E-state index in [1.165, 1.54) is 15.9 Å². The summed E-state index contributed by atoms with van der Waals surface area (Å²) in [4.78, 5) is 13.8. The van der Waals surface area contributed by atoms with E-state index >= 15 is 0 Å². The third kappa shape index (κ3) is 2.41. The van der Waals surface area contributed by atoms with Gasteiger partial charge >= 0.3 is 0 Å². The van der Waals surface area contributed by atoms with E-state index < -0.39 is 0 Å². The quantitative estimate of drug-likeness (QED) is 0.833. The molecule has 0 spiro atoms. The second-order valence-electron chi connectivity index (χ2n) is 4.98. The van der Waals surface area contributed by atoms with Crippen LogP contribution in [0.15, 0.2) is 24.3 Å². The minimum atomic E-state index is -0.00578. The minimum Gasteiger partial charge on any atom is -0.299 e. The summed E-state index contributed by atoms with van der Waals surface area (Å²) in [5.74, 6) is 0.699. The van der Waals surface area contributed by atoms with Gasteiger partial charge < -0.3 is 0 Å². The summed E-state index contributed by atoms with van der Waals surface area (Å²) in [5, 5.41) is 11.7. The third-order valence-electron chi connectivity index (χ3n) is 3.64. The van der Waals surface area contributed by atoms with Crippen LogP contribution < -0.4 is 0 Å². The van der Waals surface area contributed by atoms with Crippen LogP contribution in [0.5, 0.6) is 0 Å². The van der Waals surface area contributed by atoms with Gasteiger partial charge in [0, 0.05) is 5.92 Å². The summed E-state index contributed by atoms with van der Waals surface area (Å²) >= 11 is 0. The van der Waals surface area contributed by atoms with E-state index in [4.69, 9.17) is 0 Å². The molecule has 1 heterocycles. The molecule has 98 valence electrons. The Bertz CT molecular complexity index is 605. The number of ketones is 1. The molecule has 0 saturated heterocycles. The van der Waals surface area contributed by atoms with Crippen molar-refractivity contribution in [3.05, 3.63) is 41.2 Å². The molecule has 1 aliphatic rings. The molecule has 0 bridgehead atoms. The Balaban J connectivity index is 1.81. The van der Waals surface area contributed by atoms with E-state index in [1.54, 1.807) is 7.05 Å². The van der Waals surface area contributed by atoms with Gasteiger partial charge in [0.25, 0.3) is 0 Å². The number of aromatic nitrogens is 4. The van der Waals surface area contributed by atoms with Crippen molar-refractivity contribution in [1.29, 1.82) is 0 Å². The Kier molecular flexibility index (Phi) is 3.11. The average Bonchev–Trinajstić information content (AvgIpc) is 2.83. The van der Waals surface area contributed by atoms with Crippen molar-refractivity contribution in [3.8, 4) is 0 Å². The fourth-order valence-electron chi connectivity index (χ4n) is 2.76. The van der Waals surface area contributed by atoms with Gasteiger partial charge in [-0.2, -0.15) is 4.80 Å². The zero-order valence-corrected chi connectivity index (χ0v) is 10.9. The Hall–Kier alpha value is -2.04. The lowest BCUT2D eigenvalue weighted by Crippen LogP contribution is -2.20. The zero-order valence-electron chi connectivity index (χ0n) is 10.9. The van der Waals surface area contributed by atoms with Crippen molar-refractivity contribution >= 4 is 5.78 Å². The molecule has 1 aliphatic carbocycles. The molecule has 1 atom stereocenters. The first-order chi connectivity index (χ1) is 9.24. The molecule has 1 aromatic carbocycles. The summed E-state index contributed by atoms with van der Waals surface area (Å²) < 4.78 is 0. The second-order valence-corrected chi connectivity index (χ2v) is 4.98. The minimum absolute atomic E-state index is 0.00578. The van der Waals surface area contributed by atoms with Crippen LogP contribution in [-0.2, 0) is 24.7 Å². The summed E-state index contributed by atoms with van der Waals surface area (Å²) in [6, 6.07) is 8.23. The van der Waals surface area contributed by atoms with Crippen LogP contribution in [0.3, 0.4) is 0 Å². The van der Waals surface area contributed by atoms with E-state index in [1.807, 2.05) is 12.1 Å². The highest BCUT2D eigenvalue weighted by molar-refractivity contribution is 5.87. The number of carbonyl (C=O) groups excluding carboxylic acids is 1. The smallest absolute Gasteiger partial charge is 0.182 e. The summed E-state index contributed by atoms with van der Waals surface area (Å²) in [6.45, 7) is 0. The lowest BCUT2D eigenvalue weighted by Gasteiger charge is -2.23. The van der Waals surface area contributed by atoms with Crippen molar-refractivity contribution in [2.45, 2.75) is 31.6 Å². The number of hydrogen-bond acceptors (Lipinski definition) is 4. The lowest BCUT2D eigenvalue weighted by molar-refractivity contribution is -0.120. The van der Waals surface area contributed by atoms with E-state index in [2.05, 4.69) is 27.5 Å². The predicted octanol–water partition coefficient (Wildman–Crippen LogP) is 1.44. The number of tetrazole rings is 1. The number of rotatable bonds is 3. The number of nitrogens with zero attached hydrogens (tertiary/aromatic N) is 4. The Morgan fingerprint density at radius 2 is 2.26 bits per heavy atom. The number of benzene rings is 1. The van der Waals surface area contributed by atoms with Crippen LogP contribution >= 0.6 is 0 Å². The van der Waals surface area contributed by atoms with E-state index in [0.717, 1.165) is 19.3 Å².